The first kappa shape index (κ1) is 17.2. The summed E-state index contributed by atoms with van der Waals surface area (Å²) in [5, 5.41) is 21.3. The Hall–Kier alpha value is -3.66. The normalized spacial score (nSPS) is 12.4. The van der Waals surface area contributed by atoms with Crippen molar-refractivity contribution >= 4 is 17.7 Å². The summed E-state index contributed by atoms with van der Waals surface area (Å²) in [6.45, 7) is 2.36. The molecule has 0 saturated carbocycles. The van der Waals surface area contributed by atoms with E-state index >= 15 is 0 Å². The standard InChI is InChI=1S/C19H16N2O5/c1-2-24-16-9-18-17(25-11-26-18)8-12(16)7-13(10-20)19(23)21-14-3-5-15(22)6-4-14/h3-9,22H,2,11H2,1H3,(H,21,23)/b13-7-. The second-order valence-corrected chi connectivity index (χ2v) is 5.35. The van der Waals surface area contributed by atoms with E-state index in [4.69, 9.17) is 14.2 Å². The Kier molecular flexibility index (Phi) is 4.94. The molecule has 0 atom stereocenters. The summed E-state index contributed by atoms with van der Waals surface area (Å²) in [4.78, 5) is 12.4. The Balaban J connectivity index is 1.89. The van der Waals surface area contributed by atoms with E-state index in [9.17, 15) is 15.2 Å². The summed E-state index contributed by atoms with van der Waals surface area (Å²) in [6, 6.07) is 11.2. The van der Waals surface area contributed by atoms with Gasteiger partial charge in [0.25, 0.3) is 5.91 Å². The van der Waals surface area contributed by atoms with E-state index in [-0.39, 0.29) is 18.1 Å². The van der Waals surface area contributed by atoms with Crippen LogP contribution >= 0.6 is 0 Å². The van der Waals surface area contributed by atoms with E-state index in [1.807, 2.05) is 13.0 Å². The van der Waals surface area contributed by atoms with Crippen LogP contribution in [0, 0.1) is 11.3 Å². The first-order valence-electron chi connectivity index (χ1n) is 7.89. The monoisotopic (exact) mass is 352 g/mol. The largest absolute Gasteiger partial charge is 0.508 e. The molecule has 0 aliphatic carbocycles. The Morgan fingerprint density at radius 2 is 2.00 bits per heavy atom. The first-order valence-corrected chi connectivity index (χ1v) is 7.89. The van der Waals surface area contributed by atoms with Gasteiger partial charge in [0, 0.05) is 17.3 Å². The van der Waals surface area contributed by atoms with Crippen molar-refractivity contribution in [3.8, 4) is 29.1 Å². The van der Waals surface area contributed by atoms with Gasteiger partial charge in [-0.05, 0) is 43.3 Å². The quantitative estimate of drug-likeness (QED) is 0.487. The van der Waals surface area contributed by atoms with Crippen molar-refractivity contribution in [3.63, 3.8) is 0 Å². The minimum Gasteiger partial charge on any atom is -0.508 e. The van der Waals surface area contributed by atoms with Gasteiger partial charge in [0.15, 0.2) is 11.5 Å². The summed E-state index contributed by atoms with van der Waals surface area (Å²) in [7, 11) is 0. The molecule has 2 N–H and O–H groups in total. The molecule has 3 rings (SSSR count). The van der Waals surface area contributed by atoms with Gasteiger partial charge in [0.1, 0.15) is 23.1 Å². The van der Waals surface area contributed by atoms with E-state index in [2.05, 4.69) is 5.32 Å². The van der Waals surface area contributed by atoms with Crippen LogP contribution in [0.1, 0.15) is 12.5 Å². The molecule has 2 aromatic carbocycles. The number of hydrogen-bond donors (Lipinski definition) is 2. The minimum absolute atomic E-state index is 0.0840. The van der Waals surface area contributed by atoms with E-state index < -0.39 is 5.91 Å². The zero-order valence-electron chi connectivity index (χ0n) is 14.0. The Morgan fingerprint density at radius 1 is 1.31 bits per heavy atom. The SMILES string of the molecule is CCOc1cc2c(cc1/C=C(/C#N)C(=O)Nc1ccc(O)cc1)OCO2. The number of nitrogens with one attached hydrogen (secondary N) is 1. The predicted octanol–water partition coefficient (Wildman–Crippen LogP) is 3.07. The molecule has 0 unspecified atom stereocenters. The summed E-state index contributed by atoms with van der Waals surface area (Å²) >= 11 is 0. The lowest BCUT2D eigenvalue weighted by Gasteiger charge is -2.09. The van der Waals surface area contributed by atoms with Gasteiger partial charge < -0.3 is 24.6 Å². The second-order valence-electron chi connectivity index (χ2n) is 5.35. The van der Waals surface area contributed by atoms with Gasteiger partial charge >= 0.3 is 0 Å². The number of nitrogens with zero attached hydrogens (tertiary/aromatic N) is 1. The predicted molar refractivity (Wildman–Crippen MR) is 94.1 cm³/mol. The maximum atomic E-state index is 12.4. The molecular formula is C19H16N2O5. The number of ether oxygens (including phenoxy) is 3. The van der Waals surface area contributed by atoms with Gasteiger partial charge in [-0.2, -0.15) is 5.26 Å². The third-order valence-electron chi connectivity index (χ3n) is 3.59. The van der Waals surface area contributed by atoms with Crippen molar-refractivity contribution in [2.45, 2.75) is 6.92 Å². The number of phenolic OH excluding ortho intramolecular Hbond substituents is 1. The van der Waals surface area contributed by atoms with Gasteiger partial charge in [-0.25, -0.2) is 0 Å². The molecule has 1 amide bonds. The second kappa shape index (κ2) is 7.49. The van der Waals surface area contributed by atoms with Crippen molar-refractivity contribution in [3.05, 3.63) is 47.5 Å². The van der Waals surface area contributed by atoms with Crippen LogP contribution in [-0.4, -0.2) is 24.4 Å². The smallest absolute Gasteiger partial charge is 0.266 e. The number of amides is 1. The molecule has 132 valence electrons. The number of anilines is 1. The summed E-state index contributed by atoms with van der Waals surface area (Å²) in [5.41, 5.74) is 0.899. The highest BCUT2D eigenvalue weighted by Crippen LogP contribution is 2.39. The lowest BCUT2D eigenvalue weighted by Crippen LogP contribution is -2.13. The highest BCUT2D eigenvalue weighted by Gasteiger charge is 2.19. The molecular weight excluding hydrogens is 336 g/mol. The highest BCUT2D eigenvalue weighted by molar-refractivity contribution is 6.09. The fourth-order valence-corrected chi connectivity index (χ4v) is 2.38. The maximum absolute atomic E-state index is 12.4. The minimum atomic E-state index is -0.571. The number of nitriles is 1. The number of rotatable bonds is 5. The van der Waals surface area contributed by atoms with Gasteiger partial charge in [-0.3, -0.25) is 4.79 Å². The van der Waals surface area contributed by atoms with E-state index in [0.717, 1.165) is 0 Å². The van der Waals surface area contributed by atoms with Gasteiger partial charge in [0.05, 0.1) is 6.61 Å². The molecule has 26 heavy (non-hydrogen) atoms. The third-order valence-corrected chi connectivity index (χ3v) is 3.59. The molecule has 0 bridgehead atoms. The molecule has 1 aliphatic heterocycles. The molecule has 1 aliphatic rings. The fraction of sp³-hybridized carbons (Fsp3) is 0.158. The molecule has 0 radical (unpaired) electrons. The summed E-state index contributed by atoms with van der Waals surface area (Å²) < 4.78 is 16.2. The number of carbonyl (C=O) groups excluding carboxylic acids is 1. The van der Waals surface area contributed by atoms with Crippen LogP contribution < -0.4 is 19.5 Å². The van der Waals surface area contributed by atoms with Crippen molar-refractivity contribution in [1.82, 2.24) is 0 Å². The van der Waals surface area contributed by atoms with E-state index in [1.165, 1.54) is 30.3 Å². The van der Waals surface area contributed by atoms with Crippen LogP contribution in [0.3, 0.4) is 0 Å². The lowest BCUT2D eigenvalue weighted by atomic mass is 10.1. The fourth-order valence-electron chi connectivity index (χ4n) is 2.38. The van der Waals surface area contributed by atoms with Gasteiger partial charge in [0.2, 0.25) is 6.79 Å². The van der Waals surface area contributed by atoms with E-state index in [0.29, 0.717) is 35.1 Å². The molecule has 1 heterocycles. The number of fused-ring (bicyclic) bond motifs is 1. The zero-order valence-corrected chi connectivity index (χ0v) is 14.0. The Bertz CT molecular complexity index is 897. The van der Waals surface area contributed by atoms with Crippen LogP contribution in [0.4, 0.5) is 5.69 Å². The first-order chi connectivity index (χ1) is 12.6. The molecule has 0 spiro atoms. The molecule has 0 saturated heterocycles. The average Bonchev–Trinajstić information content (AvgIpc) is 3.09. The highest BCUT2D eigenvalue weighted by atomic mass is 16.7. The number of phenols is 1. The number of aromatic hydroxyl groups is 1. The summed E-state index contributed by atoms with van der Waals surface area (Å²) in [5.74, 6) is 1.08. The van der Waals surface area contributed by atoms with Crippen molar-refractivity contribution < 1.29 is 24.1 Å². The lowest BCUT2D eigenvalue weighted by molar-refractivity contribution is -0.112. The molecule has 7 heteroatoms. The Morgan fingerprint density at radius 3 is 2.65 bits per heavy atom. The van der Waals surface area contributed by atoms with Crippen LogP contribution in [0.2, 0.25) is 0 Å². The van der Waals surface area contributed by atoms with Crippen molar-refractivity contribution in [2.75, 3.05) is 18.7 Å². The third kappa shape index (κ3) is 3.70. The van der Waals surface area contributed by atoms with Crippen LogP contribution in [0.25, 0.3) is 6.08 Å². The van der Waals surface area contributed by atoms with Crippen LogP contribution in [0.5, 0.6) is 23.0 Å². The van der Waals surface area contributed by atoms with Crippen LogP contribution in [-0.2, 0) is 4.79 Å². The number of benzene rings is 2. The van der Waals surface area contributed by atoms with Gasteiger partial charge in [-0.1, -0.05) is 0 Å². The Labute approximate surface area is 150 Å². The average molecular weight is 352 g/mol. The topological polar surface area (TPSA) is 101 Å². The maximum Gasteiger partial charge on any atom is 0.266 e. The van der Waals surface area contributed by atoms with Crippen LogP contribution in [0.15, 0.2) is 42.0 Å². The van der Waals surface area contributed by atoms with Crippen molar-refractivity contribution in [1.29, 1.82) is 5.26 Å². The zero-order chi connectivity index (χ0) is 18.5. The summed E-state index contributed by atoms with van der Waals surface area (Å²) in [6.07, 6.45) is 1.43. The molecule has 0 aromatic heterocycles. The number of hydrogen-bond acceptors (Lipinski definition) is 6. The van der Waals surface area contributed by atoms with Gasteiger partial charge in [-0.15, -0.1) is 0 Å². The van der Waals surface area contributed by atoms with E-state index in [1.54, 1.807) is 12.1 Å². The number of carbonyl (C=O) groups is 1. The molecule has 2 aromatic rings. The molecule has 0 fully saturated rings. The van der Waals surface area contributed by atoms with Crippen molar-refractivity contribution in [2.24, 2.45) is 0 Å². The molecule has 7 nitrogen and oxygen atoms in total.